The summed E-state index contributed by atoms with van der Waals surface area (Å²) in [5, 5.41) is 4.07. The first-order valence-electron chi connectivity index (χ1n) is 9.71. The topological polar surface area (TPSA) is 69.2 Å². The van der Waals surface area contributed by atoms with Gasteiger partial charge in [-0.25, -0.2) is 5.43 Å². The molecule has 0 aromatic heterocycles. The van der Waals surface area contributed by atoms with E-state index >= 15 is 0 Å². The van der Waals surface area contributed by atoms with Gasteiger partial charge in [0.25, 0.3) is 5.91 Å². The normalized spacial score (nSPS) is 10.7. The van der Waals surface area contributed by atoms with E-state index in [2.05, 4.69) is 33.1 Å². The van der Waals surface area contributed by atoms with E-state index in [9.17, 15) is 4.79 Å². The van der Waals surface area contributed by atoms with Crippen LogP contribution >= 0.6 is 22.6 Å². The molecule has 0 unspecified atom stereocenters. The molecule has 0 aliphatic rings. The molecule has 3 rings (SSSR count). The molecule has 0 bridgehead atoms. The van der Waals surface area contributed by atoms with Gasteiger partial charge in [-0.05, 0) is 71.0 Å². The average Bonchev–Trinajstić information content (AvgIpc) is 2.79. The van der Waals surface area contributed by atoms with Crippen LogP contribution in [0.25, 0.3) is 0 Å². The summed E-state index contributed by atoms with van der Waals surface area (Å²) in [6, 6.07) is 20.6. The second-order valence-corrected chi connectivity index (χ2v) is 7.63. The third-order valence-electron chi connectivity index (χ3n) is 4.27. The molecular weight excluding hydrogens is 507 g/mol. The fraction of sp³-hybridized carbons (Fsp3) is 0.167. The Balaban J connectivity index is 1.71. The van der Waals surface area contributed by atoms with Gasteiger partial charge in [0.1, 0.15) is 12.4 Å². The lowest BCUT2D eigenvalue weighted by atomic mass is 10.2. The molecule has 160 valence electrons. The summed E-state index contributed by atoms with van der Waals surface area (Å²) in [6.45, 7) is 2.87. The Morgan fingerprint density at radius 3 is 2.61 bits per heavy atom. The van der Waals surface area contributed by atoms with Gasteiger partial charge in [0.2, 0.25) is 0 Å². The first-order valence-corrected chi connectivity index (χ1v) is 10.8. The molecule has 7 heteroatoms. The zero-order chi connectivity index (χ0) is 22.1. The Kier molecular flexibility index (Phi) is 8.28. The fourth-order valence-corrected chi connectivity index (χ4v) is 3.57. The molecular formula is C24H23IN2O4. The number of amides is 1. The lowest BCUT2D eigenvalue weighted by Crippen LogP contribution is -2.17. The molecule has 0 saturated carbocycles. The van der Waals surface area contributed by atoms with Crippen molar-refractivity contribution in [2.75, 3.05) is 13.7 Å². The summed E-state index contributed by atoms with van der Waals surface area (Å²) in [4.78, 5) is 12.3. The molecule has 3 aromatic rings. The van der Waals surface area contributed by atoms with Crippen molar-refractivity contribution >= 4 is 34.7 Å². The number of hydrogen-bond acceptors (Lipinski definition) is 5. The number of carbonyl (C=O) groups is 1. The van der Waals surface area contributed by atoms with Crippen LogP contribution in [0.4, 0.5) is 0 Å². The zero-order valence-corrected chi connectivity index (χ0v) is 19.5. The minimum atomic E-state index is -0.322. The first kappa shape index (κ1) is 22.6. The maximum absolute atomic E-state index is 12.3. The number of carbonyl (C=O) groups excluding carboxylic acids is 1. The average molecular weight is 530 g/mol. The van der Waals surface area contributed by atoms with Crippen molar-refractivity contribution in [3.05, 3.63) is 87.0 Å². The predicted octanol–water partition coefficient (Wildman–Crippen LogP) is 5.04. The highest BCUT2D eigenvalue weighted by Crippen LogP contribution is 2.34. The second kappa shape index (κ2) is 11.4. The molecule has 0 fully saturated rings. The predicted molar refractivity (Wildman–Crippen MR) is 129 cm³/mol. The van der Waals surface area contributed by atoms with Crippen LogP contribution in [-0.4, -0.2) is 25.8 Å². The molecule has 31 heavy (non-hydrogen) atoms. The quantitative estimate of drug-likeness (QED) is 0.239. The van der Waals surface area contributed by atoms with E-state index in [-0.39, 0.29) is 5.91 Å². The van der Waals surface area contributed by atoms with Gasteiger partial charge in [0.15, 0.2) is 11.5 Å². The molecule has 0 aliphatic carbocycles. The summed E-state index contributed by atoms with van der Waals surface area (Å²) in [6.07, 6.45) is 1.57. The van der Waals surface area contributed by atoms with E-state index in [1.165, 1.54) is 0 Å². The zero-order valence-electron chi connectivity index (χ0n) is 17.3. The van der Waals surface area contributed by atoms with Gasteiger partial charge in [-0.1, -0.05) is 36.4 Å². The van der Waals surface area contributed by atoms with Crippen molar-refractivity contribution < 1.29 is 19.0 Å². The van der Waals surface area contributed by atoms with E-state index in [1.54, 1.807) is 37.6 Å². The van der Waals surface area contributed by atoms with E-state index in [0.717, 1.165) is 14.7 Å². The van der Waals surface area contributed by atoms with Crippen LogP contribution in [0.15, 0.2) is 71.8 Å². The van der Waals surface area contributed by atoms with Crippen LogP contribution in [0.3, 0.4) is 0 Å². The lowest BCUT2D eigenvalue weighted by molar-refractivity contribution is 0.0955. The van der Waals surface area contributed by atoms with Gasteiger partial charge >= 0.3 is 0 Å². The molecule has 1 amide bonds. The number of hydrogen-bond donors (Lipinski definition) is 1. The van der Waals surface area contributed by atoms with Crippen molar-refractivity contribution in [3.63, 3.8) is 0 Å². The van der Waals surface area contributed by atoms with Crippen LogP contribution in [-0.2, 0) is 6.61 Å². The molecule has 0 radical (unpaired) electrons. The number of methoxy groups -OCH3 is 1. The van der Waals surface area contributed by atoms with Gasteiger partial charge in [-0.15, -0.1) is 0 Å². The standard InChI is InChI=1S/C24H23IN2O4/c1-3-30-22-13-18(12-21(25)23(22)31-16-17-8-5-4-6-9-17)15-26-27-24(28)19-10-7-11-20(14-19)29-2/h4-15H,3,16H2,1-2H3,(H,27,28)/b26-15-. The van der Waals surface area contributed by atoms with Gasteiger partial charge in [0, 0.05) is 5.56 Å². The molecule has 0 spiro atoms. The summed E-state index contributed by atoms with van der Waals surface area (Å²) >= 11 is 2.21. The third-order valence-corrected chi connectivity index (χ3v) is 5.07. The number of benzene rings is 3. The van der Waals surface area contributed by atoms with E-state index in [1.807, 2.05) is 49.4 Å². The monoisotopic (exact) mass is 530 g/mol. The van der Waals surface area contributed by atoms with Gasteiger partial charge < -0.3 is 14.2 Å². The number of rotatable bonds is 9. The van der Waals surface area contributed by atoms with E-state index < -0.39 is 0 Å². The molecule has 0 atom stereocenters. The van der Waals surface area contributed by atoms with Crippen LogP contribution in [0, 0.1) is 3.57 Å². The Morgan fingerprint density at radius 2 is 1.87 bits per heavy atom. The van der Waals surface area contributed by atoms with Gasteiger partial charge in [-0.2, -0.15) is 5.10 Å². The molecule has 0 saturated heterocycles. The SMILES string of the molecule is CCOc1cc(/C=N\NC(=O)c2cccc(OC)c2)cc(I)c1OCc1ccccc1. The Bertz CT molecular complexity index is 1050. The van der Waals surface area contributed by atoms with Crippen molar-refractivity contribution in [2.45, 2.75) is 13.5 Å². The molecule has 0 aliphatic heterocycles. The van der Waals surface area contributed by atoms with Gasteiger partial charge in [0.05, 0.1) is 23.5 Å². The summed E-state index contributed by atoms with van der Waals surface area (Å²) in [5.74, 6) is 1.60. The third kappa shape index (κ3) is 6.45. The fourth-order valence-electron chi connectivity index (χ4n) is 2.79. The van der Waals surface area contributed by atoms with Crippen molar-refractivity contribution in [1.82, 2.24) is 5.43 Å². The van der Waals surface area contributed by atoms with Crippen molar-refractivity contribution in [1.29, 1.82) is 0 Å². The number of nitrogens with zero attached hydrogens (tertiary/aromatic N) is 1. The Labute approximate surface area is 195 Å². The van der Waals surface area contributed by atoms with Crippen LogP contribution in [0.2, 0.25) is 0 Å². The Hall–Kier alpha value is -3.07. The van der Waals surface area contributed by atoms with Crippen molar-refractivity contribution in [2.24, 2.45) is 5.10 Å². The Morgan fingerprint density at radius 1 is 1.06 bits per heavy atom. The minimum absolute atomic E-state index is 0.322. The van der Waals surface area contributed by atoms with Gasteiger partial charge in [-0.3, -0.25) is 4.79 Å². The highest BCUT2D eigenvalue weighted by Gasteiger charge is 2.12. The van der Waals surface area contributed by atoms with Crippen LogP contribution in [0.1, 0.15) is 28.4 Å². The number of hydrazone groups is 1. The minimum Gasteiger partial charge on any atom is -0.497 e. The van der Waals surface area contributed by atoms with E-state index in [4.69, 9.17) is 14.2 Å². The summed E-state index contributed by atoms with van der Waals surface area (Å²) in [7, 11) is 1.56. The lowest BCUT2D eigenvalue weighted by Gasteiger charge is -2.14. The van der Waals surface area contributed by atoms with Crippen LogP contribution < -0.4 is 19.6 Å². The smallest absolute Gasteiger partial charge is 0.271 e. The molecule has 0 heterocycles. The largest absolute Gasteiger partial charge is 0.497 e. The molecule has 6 nitrogen and oxygen atoms in total. The summed E-state index contributed by atoms with van der Waals surface area (Å²) in [5.41, 5.74) is 4.85. The summed E-state index contributed by atoms with van der Waals surface area (Å²) < 4.78 is 17.8. The number of halogens is 1. The van der Waals surface area contributed by atoms with Crippen LogP contribution in [0.5, 0.6) is 17.2 Å². The highest BCUT2D eigenvalue weighted by molar-refractivity contribution is 14.1. The molecule has 1 N–H and O–H groups in total. The van der Waals surface area contributed by atoms with Crippen molar-refractivity contribution in [3.8, 4) is 17.2 Å². The first-order chi connectivity index (χ1) is 15.1. The molecule has 3 aromatic carbocycles. The number of ether oxygens (including phenoxy) is 3. The second-order valence-electron chi connectivity index (χ2n) is 6.47. The van der Waals surface area contributed by atoms with E-state index in [0.29, 0.717) is 36.0 Å². The number of nitrogens with one attached hydrogen (secondary N) is 1. The maximum Gasteiger partial charge on any atom is 0.271 e. The maximum atomic E-state index is 12.3. The highest BCUT2D eigenvalue weighted by atomic mass is 127.